The van der Waals surface area contributed by atoms with Gasteiger partial charge in [-0.1, -0.05) is 12.1 Å². The first-order valence-electron chi connectivity index (χ1n) is 8.74. The maximum atomic E-state index is 12.6. The van der Waals surface area contributed by atoms with Crippen LogP contribution in [0.25, 0.3) is 0 Å². The fourth-order valence-electron chi connectivity index (χ4n) is 3.04. The molecule has 0 radical (unpaired) electrons. The summed E-state index contributed by atoms with van der Waals surface area (Å²) in [7, 11) is -3.24. The number of carbonyl (C=O) groups is 2. The molecule has 2 heterocycles. The maximum absolute atomic E-state index is 12.6. The molecule has 29 heavy (non-hydrogen) atoms. The van der Waals surface area contributed by atoms with E-state index in [0.29, 0.717) is 11.8 Å². The van der Waals surface area contributed by atoms with Gasteiger partial charge >= 0.3 is 6.18 Å². The maximum Gasteiger partial charge on any atom is 0.398 e. The first-order chi connectivity index (χ1) is 13.5. The Balaban J connectivity index is 1.74. The zero-order valence-electron chi connectivity index (χ0n) is 15.1. The second-order valence-corrected chi connectivity index (χ2v) is 9.94. The van der Waals surface area contributed by atoms with E-state index in [1.165, 1.54) is 12.1 Å². The molecule has 2 aliphatic heterocycles. The lowest BCUT2D eigenvalue weighted by molar-refractivity contribution is -0.133. The molecule has 2 amide bonds. The molecule has 2 aliphatic rings. The Morgan fingerprint density at radius 2 is 2.00 bits per heavy atom. The predicted octanol–water partition coefficient (Wildman–Crippen LogP) is 2.45. The lowest BCUT2D eigenvalue weighted by Crippen LogP contribution is -2.42. The number of para-hydroxylation sites is 1. The highest BCUT2D eigenvalue weighted by molar-refractivity contribution is 7.99. The molecule has 0 aromatic heterocycles. The number of nitrogens with one attached hydrogen (secondary N) is 1. The van der Waals surface area contributed by atoms with Crippen LogP contribution in [0.2, 0.25) is 0 Å². The highest BCUT2D eigenvalue weighted by Gasteiger charge is 2.37. The van der Waals surface area contributed by atoms with E-state index in [1.54, 1.807) is 12.1 Å². The quantitative estimate of drug-likeness (QED) is 0.697. The SMILES string of the molecule is O=C(Nc1ccccc1SCC(F)(F)F)C1=NN(C2CCS(=O)(=O)C2)C(=O)CC1. The van der Waals surface area contributed by atoms with E-state index in [4.69, 9.17) is 0 Å². The molecular formula is C17H18F3N3O4S2. The number of alkyl halides is 3. The number of halogens is 3. The molecule has 158 valence electrons. The van der Waals surface area contributed by atoms with E-state index in [2.05, 4.69) is 10.4 Å². The van der Waals surface area contributed by atoms with E-state index >= 15 is 0 Å². The van der Waals surface area contributed by atoms with Crippen LogP contribution in [0.15, 0.2) is 34.3 Å². The van der Waals surface area contributed by atoms with Gasteiger partial charge in [-0.3, -0.25) is 9.59 Å². The Morgan fingerprint density at radius 1 is 1.28 bits per heavy atom. The number of amides is 2. The smallest absolute Gasteiger partial charge is 0.320 e. The Labute approximate surface area is 169 Å². The number of thioether (sulfide) groups is 1. The van der Waals surface area contributed by atoms with Crippen molar-refractivity contribution in [2.45, 2.75) is 36.4 Å². The number of nitrogens with zero attached hydrogens (tertiary/aromatic N) is 2. The zero-order chi connectivity index (χ0) is 21.2. The third kappa shape index (κ3) is 5.72. The molecule has 0 saturated carbocycles. The van der Waals surface area contributed by atoms with E-state index in [-0.39, 0.29) is 53.0 Å². The molecule has 1 unspecified atom stereocenters. The van der Waals surface area contributed by atoms with Gasteiger partial charge in [0.1, 0.15) is 5.71 Å². The van der Waals surface area contributed by atoms with Crippen LogP contribution in [-0.4, -0.2) is 60.4 Å². The zero-order valence-corrected chi connectivity index (χ0v) is 16.7. The number of hydrogen-bond acceptors (Lipinski definition) is 6. The summed E-state index contributed by atoms with van der Waals surface area (Å²) in [4.78, 5) is 25.0. The van der Waals surface area contributed by atoms with Gasteiger partial charge in [0.15, 0.2) is 9.84 Å². The molecular weight excluding hydrogens is 431 g/mol. The topological polar surface area (TPSA) is 95.9 Å². The van der Waals surface area contributed by atoms with Crippen LogP contribution in [0, 0.1) is 0 Å². The van der Waals surface area contributed by atoms with Gasteiger partial charge < -0.3 is 5.32 Å². The number of benzene rings is 1. The fourth-order valence-corrected chi connectivity index (χ4v) is 5.50. The van der Waals surface area contributed by atoms with Crippen molar-refractivity contribution < 1.29 is 31.2 Å². The normalized spacial score (nSPS) is 21.8. The number of rotatable bonds is 5. The van der Waals surface area contributed by atoms with Crippen molar-refractivity contribution in [3.8, 4) is 0 Å². The van der Waals surface area contributed by atoms with Gasteiger partial charge in [-0.15, -0.1) is 11.8 Å². The summed E-state index contributed by atoms with van der Waals surface area (Å²) in [5.74, 6) is -2.33. The van der Waals surface area contributed by atoms with Crippen molar-refractivity contribution in [2.75, 3.05) is 22.6 Å². The largest absolute Gasteiger partial charge is 0.398 e. The highest BCUT2D eigenvalue weighted by atomic mass is 32.2. The minimum absolute atomic E-state index is 0.00721. The third-order valence-corrected chi connectivity index (χ3v) is 7.29. The summed E-state index contributed by atoms with van der Waals surface area (Å²) in [6.07, 6.45) is -4.02. The molecule has 0 aliphatic carbocycles. The summed E-state index contributed by atoms with van der Waals surface area (Å²) in [5, 5.41) is 7.67. The first-order valence-corrected chi connectivity index (χ1v) is 11.5. The van der Waals surface area contributed by atoms with Crippen LogP contribution < -0.4 is 5.32 Å². The monoisotopic (exact) mass is 449 g/mol. The first kappa shape index (κ1) is 21.6. The lowest BCUT2D eigenvalue weighted by Gasteiger charge is -2.27. The minimum atomic E-state index is -4.35. The van der Waals surface area contributed by atoms with Crippen molar-refractivity contribution in [1.82, 2.24) is 5.01 Å². The number of sulfone groups is 1. The van der Waals surface area contributed by atoms with Gasteiger partial charge in [-0.2, -0.15) is 18.3 Å². The molecule has 0 spiro atoms. The van der Waals surface area contributed by atoms with Crippen molar-refractivity contribution in [2.24, 2.45) is 5.10 Å². The van der Waals surface area contributed by atoms with Gasteiger partial charge in [-0.05, 0) is 18.6 Å². The molecule has 7 nitrogen and oxygen atoms in total. The Kier molecular flexibility index (Phi) is 6.22. The summed E-state index contributed by atoms with van der Waals surface area (Å²) in [5.41, 5.74) is 0.242. The van der Waals surface area contributed by atoms with Crippen molar-refractivity contribution >= 4 is 44.8 Å². The number of carbonyl (C=O) groups excluding carboxylic acids is 2. The van der Waals surface area contributed by atoms with Crippen LogP contribution in [0.1, 0.15) is 19.3 Å². The molecule has 3 rings (SSSR count). The lowest BCUT2D eigenvalue weighted by atomic mass is 10.1. The van der Waals surface area contributed by atoms with Crippen LogP contribution >= 0.6 is 11.8 Å². The second kappa shape index (κ2) is 8.34. The summed E-state index contributed by atoms with van der Waals surface area (Å²) >= 11 is 0.553. The van der Waals surface area contributed by atoms with Crippen molar-refractivity contribution in [1.29, 1.82) is 0 Å². The van der Waals surface area contributed by atoms with Gasteiger partial charge in [0.25, 0.3) is 5.91 Å². The molecule has 1 N–H and O–H groups in total. The third-order valence-electron chi connectivity index (χ3n) is 4.40. The average Bonchev–Trinajstić information content (AvgIpc) is 3.00. The van der Waals surface area contributed by atoms with Crippen molar-refractivity contribution in [3.63, 3.8) is 0 Å². The van der Waals surface area contributed by atoms with Crippen LogP contribution in [0.4, 0.5) is 18.9 Å². The van der Waals surface area contributed by atoms with Gasteiger partial charge in [0, 0.05) is 17.7 Å². The highest BCUT2D eigenvalue weighted by Crippen LogP contribution is 2.32. The number of hydrazone groups is 1. The van der Waals surface area contributed by atoms with E-state index in [9.17, 15) is 31.2 Å². The van der Waals surface area contributed by atoms with Crippen LogP contribution in [0.5, 0.6) is 0 Å². The van der Waals surface area contributed by atoms with Gasteiger partial charge in [0.05, 0.1) is 29.0 Å². The molecule has 1 saturated heterocycles. The summed E-state index contributed by atoms with van der Waals surface area (Å²) in [6.45, 7) is 0. The van der Waals surface area contributed by atoms with Crippen molar-refractivity contribution in [3.05, 3.63) is 24.3 Å². The van der Waals surface area contributed by atoms with Crippen LogP contribution in [-0.2, 0) is 19.4 Å². The summed E-state index contributed by atoms with van der Waals surface area (Å²) < 4.78 is 60.8. The number of anilines is 1. The Bertz CT molecular complexity index is 947. The van der Waals surface area contributed by atoms with E-state index in [0.717, 1.165) is 5.01 Å². The molecule has 0 bridgehead atoms. The minimum Gasteiger partial charge on any atom is -0.320 e. The summed E-state index contributed by atoms with van der Waals surface area (Å²) in [6, 6.07) is 5.48. The van der Waals surface area contributed by atoms with E-state index < -0.39 is 33.7 Å². The van der Waals surface area contributed by atoms with Gasteiger partial charge in [-0.25, -0.2) is 13.4 Å². The average molecular weight is 449 g/mol. The Hall–Kier alpha value is -2.08. The van der Waals surface area contributed by atoms with Crippen LogP contribution in [0.3, 0.4) is 0 Å². The molecule has 12 heteroatoms. The Morgan fingerprint density at radius 3 is 2.66 bits per heavy atom. The standard InChI is InChI=1S/C17H18F3N3O4S2/c18-17(19,20)10-28-14-4-2-1-3-12(14)21-16(25)13-5-6-15(24)23(22-13)11-7-8-29(26,27)9-11/h1-4,11H,5-10H2,(H,21,25). The number of hydrogen-bond donors (Lipinski definition) is 1. The fraction of sp³-hybridized carbons (Fsp3) is 0.471. The van der Waals surface area contributed by atoms with Gasteiger partial charge in [0.2, 0.25) is 5.91 Å². The van der Waals surface area contributed by atoms with E-state index in [1.807, 2.05) is 0 Å². The molecule has 1 atom stereocenters. The molecule has 1 aromatic carbocycles. The predicted molar refractivity (Wildman–Crippen MR) is 102 cm³/mol. The molecule has 1 fully saturated rings. The second-order valence-electron chi connectivity index (χ2n) is 6.70. The molecule has 1 aromatic rings.